The molecule has 3 aromatic carbocycles. The van der Waals surface area contributed by atoms with Gasteiger partial charge in [0.15, 0.2) is 0 Å². The molecule has 0 aliphatic rings. The topological polar surface area (TPSA) is 122 Å². The second-order valence-corrected chi connectivity index (χ2v) is 9.92. The van der Waals surface area contributed by atoms with Crippen molar-refractivity contribution in [3.8, 4) is 22.8 Å². The number of hydrogen-bond donors (Lipinski definition) is 2. The molecular weight excluding hydrogens is 516 g/mol. The smallest absolute Gasteiger partial charge is 0.322 e. The van der Waals surface area contributed by atoms with Gasteiger partial charge in [0.05, 0.1) is 10.5 Å². The van der Waals surface area contributed by atoms with E-state index < -0.39 is 33.7 Å². The zero-order valence-corrected chi connectivity index (χ0v) is 20.1. The van der Waals surface area contributed by atoms with E-state index in [1.54, 1.807) is 6.07 Å². The summed E-state index contributed by atoms with van der Waals surface area (Å²) in [5, 5.41) is 13.5. The molecule has 0 fully saturated rings. The summed E-state index contributed by atoms with van der Waals surface area (Å²) in [6.07, 6.45) is -0.341. The molecule has 0 aliphatic carbocycles. The van der Waals surface area contributed by atoms with Crippen LogP contribution >= 0.6 is 11.6 Å². The first-order valence-corrected chi connectivity index (χ1v) is 12.3. The quantitative estimate of drug-likeness (QED) is 0.339. The molecule has 2 N–H and O–H groups in total. The van der Waals surface area contributed by atoms with Crippen LogP contribution in [0.4, 0.5) is 8.78 Å². The van der Waals surface area contributed by atoms with E-state index in [0.29, 0.717) is 5.56 Å². The van der Waals surface area contributed by atoms with Gasteiger partial charge in [-0.05, 0) is 66.9 Å². The minimum Gasteiger partial charge on any atom is -0.480 e. The van der Waals surface area contributed by atoms with E-state index in [-0.39, 0.29) is 44.7 Å². The van der Waals surface area contributed by atoms with E-state index in [9.17, 15) is 27.1 Å². The van der Waals surface area contributed by atoms with Gasteiger partial charge in [-0.2, -0.15) is 9.71 Å². The van der Waals surface area contributed by atoms with Crippen LogP contribution in [0, 0.1) is 18.6 Å². The maximum Gasteiger partial charge on any atom is 0.322 e. The lowest BCUT2D eigenvalue weighted by atomic mass is 10.0. The molecule has 0 saturated heterocycles. The Morgan fingerprint density at radius 1 is 1.14 bits per heavy atom. The van der Waals surface area contributed by atoms with Crippen LogP contribution in [0.3, 0.4) is 0 Å². The molecule has 36 heavy (non-hydrogen) atoms. The number of rotatable bonds is 8. The highest BCUT2D eigenvalue weighted by Crippen LogP contribution is 2.26. The number of nitrogens with zero attached hydrogens (tertiary/aromatic N) is 2. The average molecular weight is 534 g/mol. The Morgan fingerprint density at radius 2 is 1.89 bits per heavy atom. The van der Waals surface area contributed by atoms with Crippen LogP contribution in [0.1, 0.15) is 11.1 Å². The number of hydrogen-bond acceptors (Lipinski definition) is 6. The average Bonchev–Trinajstić information content (AvgIpc) is 3.30. The molecule has 1 heterocycles. The fraction of sp³-hybridized carbons (Fsp3) is 0.125. The van der Waals surface area contributed by atoms with E-state index >= 15 is 0 Å². The number of aliphatic carboxylic acids is 1. The van der Waals surface area contributed by atoms with E-state index in [1.165, 1.54) is 55.5 Å². The minimum atomic E-state index is -4.23. The molecule has 0 radical (unpaired) electrons. The summed E-state index contributed by atoms with van der Waals surface area (Å²) < 4.78 is 61.2. The standard InChI is InChI=1S/C24H18ClF2N3O5S/c1-13-18(25)6-3-7-21(13)36(33,34)30-20(24(31)32)11-14-8-9-17(19(27)10-14)22-28-23(35-29-22)15-4-2-5-16(26)12-15/h2-10,12,20,30H,11H2,1H3,(H,31,32). The van der Waals surface area contributed by atoms with Crippen LogP contribution in [-0.4, -0.2) is 35.7 Å². The Hall–Kier alpha value is -3.67. The van der Waals surface area contributed by atoms with Crippen molar-refractivity contribution in [3.05, 3.63) is 88.4 Å². The van der Waals surface area contributed by atoms with Crippen molar-refractivity contribution in [1.29, 1.82) is 0 Å². The summed E-state index contributed by atoms with van der Waals surface area (Å²) in [6.45, 7) is 1.50. The minimum absolute atomic E-state index is 0.00960. The summed E-state index contributed by atoms with van der Waals surface area (Å²) in [4.78, 5) is 15.7. The highest BCUT2D eigenvalue weighted by molar-refractivity contribution is 7.89. The van der Waals surface area contributed by atoms with Crippen molar-refractivity contribution in [2.75, 3.05) is 0 Å². The molecule has 12 heteroatoms. The number of aromatic nitrogens is 2. The molecule has 0 spiro atoms. The Balaban J connectivity index is 1.55. The van der Waals surface area contributed by atoms with Crippen LogP contribution in [0.25, 0.3) is 22.8 Å². The van der Waals surface area contributed by atoms with Gasteiger partial charge in [0.25, 0.3) is 5.89 Å². The zero-order valence-electron chi connectivity index (χ0n) is 18.6. The summed E-state index contributed by atoms with van der Waals surface area (Å²) in [5.41, 5.74) is 0.761. The van der Waals surface area contributed by atoms with Crippen molar-refractivity contribution < 1.29 is 31.6 Å². The van der Waals surface area contributed by atoms with Gasteiger partial charge in [-0.3, -0.25) is 4.79 Å². The molecule has 0 aliphatic heterocycles. The maximum absolute atomic E-state index is 14.9. The van der Waals surface area contributed by atoms with Crippen LogP contribution < -0.4 is 4.72 Å². The third-order valence-corrected chi connectivity index (χ3v) is 7.34. The van der Waals surface area contributed by atoms with Gasteiger partial charge < -0.3 is 9.63 Å². The van der Waals surface area contributed by atoms with Crippen molar-refractivity contribution in [1.82, 2.24) is 14.9 Å². The highest BCUT2D eigenvalue weighted by Gasteiger charge is 2.27. The van der Waals surface area contributed by atoms with Crippen molar-refractivity contribution in [2.45, 2.75) is 24.3 Å². The van der Waals surface area contributed by atoms with E-state index in [2.05, 4.69) is 14.9 Å². The molecule has 0 amide bonds. The number of sulfonamides is 1. The van der Waals surface area contributed by atoms with Gasteiger partial charge in [-0.25, -0.2) is 17.2 Å². The number of carboxylic acids is 1. The molecule has 8 nitrogen and oxygen atoms in total. The molecule has 4 rings (SSSR count). The first-order chi connectivity index (χ1) is 17.0. The zero-order chi connectivity index (χ0) is 26.0. The van der Waals surface area contributed by atoms with Gasteiger partial charge in [-0.1, -0.05) is 35.0 Å². The SMILES string of the molecule is Cc1c(Cl)cccc1S(=O)(=O)NC(Cc1ccc(-c2noc(-c3cccc(F)c3)n2)c(F)c1)C(=O)O. The number of carboxylic acid groups (broad SMARTS) is 1. The normalized spacial score (nSPS) is 12.4. The van der Waals surface area contributed by atoms with Crippen molar-refractivity contribution >= 4 is 27.6 Å². The third kappa shape index (κ3) is 5.43. The van der Waals surface area contributed by atoms with Gasteiger partial charge in [0.1, 0.15) is 17.7 Å². The van der Waals surface area contributed by atoms with Crippen LogP contribution in [0.2, 0.25) is 5.02 Å². The largest absolute Gasteiger partial charge is 0.480 e. The summed E-state index contributed by atoms with van der Waals surface area (Å²) in [5.74, 6) is -2.83. The number of benzene rings is 3. The van der Waals surface area contributed by atoms with Crippen LogP contribution in [0.15, 0.2) is 70.1 Å². The van der Waals surface area contributed by atoms with E-state index in [4.69, 9.17) is 16.1 Å². The highest BCUT2D eigenvalue weighted by atomic mass is 35.5. The lowest BCUT2D eigenvalue weighted by Crippen LogP contribution is -2.42. The first kappa shape index (κ1) is 25.4. The summed E-state index contributed by atoms with van der Waals surface area (Å²) in [7, 11) is -4.23. The van der Waals surface area contributed by atoms with Crippen molar-refractivity contribution in [3.63, 3.8) is 0 Å². The Bertz CT molecular complexity index is 1560. The monoisotopic (exact) mass is 533 g/mol. The fourth-order valence-electron chi connectivity index (χ4n) is 3.48. The molecule has 1 atom stereocenters. The summed E-state index contributed by atoms with van der Waals surface area (Å²) in [6, 6.07) is 11.9. The van der Waals surface area contributed by atoms with Crippen molar-refractivity contribution in [2.24, 2.45) is 0 Å². The number of carbonyl (C=O) groups is 1. The predicted octanol–water partition coefficient (Wildman–Crippen LogP) is 4.62. The van der Waals surface area contributed by atoms with Gasteiger partial charge in [0, 0.05) is 10.6 Å². The van der Waals surface area contributed by atoms with Gasteiger partial charge in [-0.15, -0.1) is 0 Å². The van der Waals surface area contributed by atoms with Gasteiger partial charge >= 0.3 is 5.97 Å². The van der Waals surface area contributed by atoms with E-state index in [0.717, 1.165) is 6.07 Å². The number of nitrogens with one attached hydrogen (secondary N) is 1. The Morgan fingerprint density at radius 3 is 2.58 bits per heavy atom. The maximum atomic E-state index is 14.9. The second-order valence-electron chi connectivity index (χ2n) is 7.83. The molecular formula is C24H18ClF2N3O5S. The first-order valence-electron chi connectivity index (χ1n) is 10.4. The molecule has 0 saturated carbocycles. The lowest BCUT2D eigenvalue weighted by molar-refractivity contribution is -0.138. The molecule has 1 aromatic heterocycles. The second kappa shape index (κ2) is 10.1. The summed E-state index contributed by atoms with van der Waals surface area (Å²) >= 11 is 5.99. The molecule has 1 unspecified atom stereocenters. The lowest BCUT2D eigenvalue weighted by Gasteiger charge is -2.16. The van der Waals surface area contributed by atoms with E-state index in [1.807, 2.05) is 0 Å². The Kier molecular flexibility index (Phi) is 7.16. The van der Waals surface area contributed by atoms with Gasteiger partial charge in [0.2, 0.25) is 15.8 Å². The number of halogens is 3. The Labute approximate surface area is 209 Å². The predicted molar refractivity (Wildman–Crippen MR) is 127 cm³/mol. The molecule has 0 bridgehead atoms. The fourth-order valence-corrected chi connectivity index (χ4v) is 5.17. The third-order valence-electron chi connectivity index (χ3n) is 5.31. The molecule has 4 aromatic rings. The van der Waals surface area contributed by atoms with Crippen LogP contribution in [-0.2, 0) is 21.2 Å². The molecule has 186 valence electrons. The van der Waals surface area contributed by atoms with Crippen LogP contribution in [0.5, 0.6) is 0 Å².